The van der Waals surface area contributed by atoms with Crippen molar-refractivity contribution in [3.8, 4) is 0 Å². The summed E-state index contributed by atoms with van der Waals surface area (Å²) in [5.74, 6) is -1.09. The van der Waals surface area contributed by atoms with E-state index in [0.717, 1.165) is 16.0 Å². The van der Waals surface area contributed by atoms with Crippen molar-refractivity contribution in [1.82, 2.24) is 0 Å². The van der Waals surface area contributed by atoms with Gasteiger partial charge in [0.25, 0.3) is 0 Å². The van der Waals surface area contributed by atoms with Crippen LogP contribution in [-0.2, 0) is 14.3 Å². The smallest absolute Gasteiger partial charge is 0.340 e. The third kappa shape index (κ3) is 5.52. The van der Waals surface area contributed by atoms with Crippen molar-refractivity contribution in [3.63, 3.8) is 0 Å². The lowest BCUT2D eigenvalue weighted by Gasteiger charge is -2.28. The van der Waals surface area contributed by atoms with E-state index in [1.165, 1.54) is 11.3 Å². The maximum absolute atomic E-state index is 13.0. The Hall–Kier alpha value is -0.980. The van der Waals surface area contributed by atoms with E-state index < -0.39 is 30.0 Å². The summed E-state index contributed by atoms with van der Waals surface area (Å²) < 4.78 is 37.8. The predicted molar refractivity (Wildman–Crippen MR) is 106 cm³/mol. The number of aryl methyl sites for hydroxylation is 1. The first-order valence-corrected chi connectivity index (χ1v) is 10.3. The Labute approximate surface area is 168 Å². The number of hydrogen-bond donors (Lipinski definition) is 0. The minimum absolute atomic E-state index is 0.244. The Morgan fingerprint density at radius 2 is 2.07 bits per heavy atom. The molecule has 0 amide bonds. The van der Waals surface area contributed by atoms with Gasteiger partial charge in [-0.15, -0.1) is 11.3 Å². The number of alkyl halides is 2. The van der Waals surface area contributed by atoms with Gasteiger partial charge in [-0.05, 0) is 59.5 Å². The molecule has 3 nitrogen and oxygen atoms in total. The van der Waals surface area contributed by atoms with Gasteiger partial charge in [0.05, 0.1) is 12.2 Å². The number of carbonyl (C=O) groups excluding carboxylic acids is 1. The highest BCUT2D eigenvalue weighted by atomic mass is 35.5. The van der Waals surface area contributed by atoms with Gasteiger partial charge in [-0.1, -0.05) is 17.7 Å². The zero-order valence-electron chi connectivity index (χ0n) is 16.4. The number of ether oxygens (including phenoxy) is 2. The molecule has 0 spiro atoms. The molecule has 1 aromatic rings. The molecule has 1 aliphatic rings. The maximum atomic E-state index is 13.0. The van der Waals surface area contributed by atoms with E-state index in [0.29, 0.717) is 29.2 Å². The molecule has 2 atom stereocenters. The van der Waals surface area contributed by atoms with E-state index >= 15 is 0 Å². The van der Waals surface area contributed by atoms with E-state index in [9.17, 15) is 13.6 Å². The monoisotopic (exact) mass is 420 g/mol. The molecule has 1 aliphatic carbocycles. The fourth-order valence-electron chi connectivity index (χ4n) is 3.24. The van der Waals surface area contributed by atoms with Crippen molar-refractivity contribution < 1.29 is 23.0 Å². The van der Waals surface area contributed by atoms with Gasteiger partial charge in [-0.25, -0.2) is 13.6 Å². The molecule has 0 saturated heterocycles. The molecule has 0 radical (unpaired) electrons. The first-order valence-electron chi connectivity index (χ1n) is 9.16. The fraction of sp³-hybridized carbons (Fsp3) is 0.650. The van der Waals surface area contributed by atoms with Crippen LogP contribution in [0, 0.1) is 12.8 Å². The van der Waals surface area contributed by atoms with Gasteiger partial charge in [-0.2, -0.15) is 0 Å². The zero-order chi connectivity index (χ0) is 20.4. The number of hydrogen-bond acceptors (Lipinski definition) is 4. The summed E-state index contributed by atoms with van der Waals surface area (Å²) in [6, 6.07) is 0. The largest absolute Gasteiger partial charge is 0.464 e. The molecule has 0 aromatic carbocycles. The quantitative estimate of drug-likeness (QED) is 0.487. The average Bonchev–Trinajstić information content (AvgIpc) is 2.86. The average molecular weight is 421 g/mol. The summed E-state index contributed by atoms with van der Waals surface area (Å²) >= 11 is 7.88. The highest BCUT2D eigenvalue weighted by Crippen LogP contribution is 2.46. The van der Waals surface area contributed by atoms with Crippen LogP contribution in [0.4, 0.5) is 8.78 Å². The van der Waals surface area contributed by atoms with Crippen molar-refractivity contribution >= 4 is 34.5 Å². The lowest BCUT2D eigenvalue weighted by Crippen LogP contribution is -2.29. The van der Waals surface area contributed by atoms with E-state index in [4.69, 9.17) is 21.1 Å². The summed E-state index contributed by atoms with van der Waals surface area (Å²) in [4.78, 5) is 13.5. The van der Waals surface area contributed by atoms with E-state index in [1.54, 1.807) is 6.92 Å². The van der Waals surface area contributed by atoms with E-state index in [1.807, 2.05) is 33.8 Å². The first kappa shape index (κ1) is 22.3. The molecule has 0 fully saturated rings. The molecule has 1 heterocycles. The number of rotatable bonds is 6. The molecule has 0 N–H and O–H groups in total. The van der Waals surface area contributed by atoms with E-state index in [2.05, 4.69) is 0 Å². The lowest BCUT2D eigenvalue weighted by molar-refractivity contribution is -0.166. The van der Waals surface area contributed by atoms with Crippen LogP contribution in [0.2, 0.25) is 4.34 Å². The van der Waals surface area contributed by atoms with Gasteiger partial charge in [-0.3, -0.25) is 0 Å². The van der Waals surface area contributed by atoms with Gasteiger partial charge in [0, 0.05) is 21.9 Å². The Balaban J connectivity index is 2.47. The van der Waals surface area contributed by atoms with Crippen molar-refractivity contribution in [1.29, 1.82) is 0 Å². The molecule has 27 heavy (non-hydrogen) atoms. The van der Waals surface area contributed by atoms with Crippen molar-refractivity contribution in [3.05, 3.63) is 26.4 Å². The van der Waals surface area contributed by atoms with Crippen molar-refractivity contribution in [2.75, 3.05) is 6.61 Å². The second kappa shape index (κ2) is 9.01. The second-order valence-corrected chi connectivity index (χ2v) is 9.51. The van der Waals surface area contributed by atoms with Crippen LogP contribution in [-0.4, -0.2) is 24.6 Å². The van der Waals surface area contributed by atoms with E-state index in [-0.39, 0.29) is 6.61 Å². The molecule has 0 saturated carbocycles. The Bertz CT molecular complexity index is 707. The molecule has 152 valence electrons. The highest BCUT2D eigenvalue weighted by Gasteiger charge is 2.35. The third-order valence-electron chi connectivity index (χ3n) is 4.45. The Kier molecular flexibility index (Phi) is 7.45. The van der Waals surface area contributed by atoms with Gasteiger partial charge >= 0.3 is 5.97 Å². The van der Waals surface area contributed by atoms with Crippen molar-refractivity contribution in [2.45, 2.75) is 72.0 Å². The summed E-state index contributed by atoms with van der Waals surface area (Å²) in [6.45, 7) is 9.49. The summed E-state index contributed by atoms with van der Waals surface area (Å²) in [5, 5.41) is 0. The van der Waals surface area contributed by atoms with Crippen LogP contribution in [0.3, 0.4) is 0 Å². The predicted octanol–water partition coefficient (Wildman–Crippen LogP) is 6.58. The second-order valence-electron chi connectivity index (χ2n) is 7.68. The van der Waals surface area contributed by atoms with Crippen LogP contribution in [0.25, 0.3) is 5.57 Å². The molecular weight excluding hydrogens is 394 g/mol. The van der Waals surface area contributed by atoms with Gasteiger partial charge in [0.15, 0.2) is 6.10 Å². The summed E-state index contributed by atoms with van der Waals surface area (Å²) in [5.41, 5.74) is 1.77. The molecule has 1 aromatic heterocycles. The molecule has 2 rings (SSSR count). The Morgan fingerprint density at radius 1 is 1.41 bits per heavy atom. The summed E-state index contributed by atoms with van der Waals surface area (Å²) in [7, 11) is 0. The van der Waals surface area contributed by atoms with Crippen molar-refractivity contribution in [2.24, 2.45) is 5.92 Å². The topological polar surface area (TPSA) is 35.5 Å². The van der Waals surface area contributed by atoms with Gasteiger partial charge in [0.2, 0.25) is 6.43 Å². The molecule has 0 aliphatic heterocycles. The van der Waals surface area contributed by atoms with Crippen LogP contribution < -0.4 is 0 Å². The van der Waals surface area contributed by atoms with Crippen LogP contribution >= 0.6 is 22.9 Å². The molecule has 7 heteroatoms. The third-order valence-corrected chi connectivity index (χ3v) is 5.78. The lowest BCUT2D eigenvalue weighted by atomic mass is 9.85. The molecule has 2 unspecified atom stereocenters. The summed E-state index contributed by atoms with van der Waals surface area (Å²) in [6.07, 6.45) is -0.185. The number of esters is 1. The number of halogens is 3. The van der Waals surface area contributed by atoms with Crippen LogP contribution in [0.5, 0.6) is 0 Å². The van der Waals surface area contributed by atoms with Crippen LogP contribution in [0.1, 0.15) is 69.1 Å². The number of carbonyl (C=O) groups is 1. The number of allylic oxidation sites excluding steroid dienone is 2. The number of thiophene rings is 1. The normalized spacial score (nSPS) is 19.1. The molecule has 0 bridgehead atoms. The molecular formula is C20H27ClF2O3S. The standard InChI is InChI=1S/C20H27ClF2O3S/c1-6-25-19(24)16(26-20(3,4)5)14-11(2)27-17(21)15(14)12-7-9-13(10-8-12)18(22)23/h7,13,16,18H,6,8-10H2,1-5H3. The van der Waals surface area contributed by atoms with Crippen LogP contribution in [0.15, 0.2) is 6.08 Å². The Morgan fingerprint density at radius 3 is 2.56 bits per heavy atom. The minimum atomic E-state index is -2.32. The van der Waals surface area contributed by atoms with Gasteiger partial charge in [0.1, 0.15) is 4.34 Å². The fourth-order valence-corrected chi connectivity index (χ4v) is 4.75. The highest BCUT2D eigenvalue weighted by molar-refractivity contribution is 7.16. The maximum Gasteiger partial charge on any atom is 0.340 e. The van der Waals surface area contributed by atoms with Gasteiger partial charge < -0.3 is 9.47 Å². The zero-order valence-corrected chi connectivity index (χ0v) is 18.0. The first-order chi connectivity index (χ1) is 12.5. The SMILES string of the molecule is CCOC(=O)C(OC(C)(C)C)c1c(C)sc(Cl)c1C1=CCC(C(F)F)CC1. The minimum Gasteiger partial charge on any atom is -0.464 e.